The van der Waals surface area contributed by atoms with Crippen LogP contribution in [0.2, 0.25) is 0 Å². The van der Waals surface area contributed by atoms with Gasteiger partial charge in [0.2, 0.25) is 0 Å². The number of benzene rings is 1. The molecule has 0 aliphatic carbocycles. The van der Waals surface area contributed by atoms with Gasteiger partial charge in [0.25, 0.3) is 5.56 Å². The topological polar surface area (TPSA) is 170 Å². The summed E-state index contributed by atoms with van der Waals surface area (Å²) in [5.74, 6) is -0.880. The first kappa shape index (κ1) is 16.0. The summed E-state index contributed by atoms with van der Waals surface area (Å²) in [5, 5.41) is 9.27. The molecule has 132 valence electrons. The number of hydrogen-bond acceptors (Lipinski definition) is 6. The second kappa shape index (κ2) is 5.49. The van der Waals surface area contributed by atoms with E-state index in [9.17, 15) is 19.5 Å². The maximum Gasteiger partial charge on any atom is 0.327 e. The van der Waals surface area contributed by atoms with E-state index in [1.807, 2.05) is 6.07 Å². The Bertz CT molecular complexity index is 1170. The van der Waals surface area contributed by atoms with Crippen molar-refractivity contribution in [3.05, 3.63) is 56.5 Å². The van der Waals surface area contributed by atoms with Crippen LogP contribution in [0.1, 0.15) is 17.8 Å². The normalized spacial score (nSPS) is 19.6. The molecule has 10 nitrogen and oxygen atoms in total. The molecule has 26 heavy (non-hydrogen) atoms. The van der Waals surface area contributed by atoms with E-state index in [4.69, 9.17) is 5.73 Å². The summed E-state index contributed by atoms with van der Waals surface area (Å²) in [5.41, 5.74) is 4.97. The minimum Gasteiger partial charge on any atom is -0.480 e. The standard InChI is InChI=1S/C16H14N6O4/c17-8(13(24)25)5-16(6-18-9-4-2-1-3-7(9)16)14-19-10-11(20-14)21-15(26)22-12(10)23/h1-4,6,8H,5,17H2,(H,24,25)(H3,19,20,21,22,23,26). The second-order valence-corrected chi connectivity index (χ2v) is 6.11. The van der Waals surface area contributed by atoms with E-state index >= 15 is 0 Å². The minimum atomic E-state index is -1.18. The third-order valence-corrected chi connectivity index (χ3v) is 4.48. The first-order valence-electron chi connectivity index (χ1n) is 7.76. The van der Waals surface area contributed by atoms with Crippen LogP contribution >= 0.6 is 0 Å². The van der Waals surface area contributed by atoms with E-state index in [2.05, 4.69) is 24.9 Å². The molecule has 0 fully saturated rings. The van der Waals surface area contributed by atoms with Gasteiger partial charge in [0, 0.05) is 6.21 Å². The zero-order valence-electron chi connectivity index (χ0n) is 13.3. The van der Waals surface area contributed by atoms with Gasteiger partial charge in [-0.25, -0.2) is 9.78 Å². The zero-order chi connectivity index (χ0) is 18.5. The number of carboxylic acid groups (broad SMARTS) is 1. The highest BCUT2D eigenvalue weighted by Gasteiger charge is 2.43. The maximum atomic E-state index is 12.0. The van der Waals surface area contributed by atoms with E-state index < -0.39 is 28.7 Å². The number of nitrogens with one attached hydrogen (secondary N) is 3. The highest BCUT2D eigenvalue weighted by atomic mass is 16.4. The van der Waals surface area contributed by atoms with E-state index in [0.717, 1.165) is 5.56 Å². The van der Waals surface area contributed by atoms with Gasteiger partial charge in [-0.1, -0.05) is 18.2 Å². The third-order valence-electron chi connectivity index (χ3n) is 4.48. The molecular formula is C16H14N6O4. The summed E-state index contributed by atoms with van der Waals surface area (Å²) in [6.45, 7) is 0. The Morgan fingerprint density at radius 3 is 2.77 bits per heavy atom. The van der Waals surface area contributed by atoms with Crippen molar-refractivity contribution in [1.29, 1.82) is 0 Å². The van der Waals surface area contributed by atoms with Crippen LogP contribution in [-0.2, 0) is 10.2 Å². The zero-order valence-corrected chi connectivity index (χ0v) is 13.3. The molecule has 0 amide bonds. The van der Waals surface area contributed by atoms with E-state index in [1.54, 1.807) is 24.4 Å². The van der Waals surface area contributed by atoms with Gasteiger partial charge in [0.05, 0.1) is 11.1 Å². The molecule has 2 aromatic heterocycles. The molecule has 0 saturated carbocycles. The molecule has 0 bridgehead atoms. The van der Waals surface area contributed by atoms with Crippen molar-refractivity contribution in [1.82, 2.24) is 19.9 Å². The lowest BCUT2D eigenvalue weighted by molar-refractivity contribution is -0.138. The summed E-state index contributed by atoms with van der Waals surface area (Å²) in [6, 6.07) is 6.02. The number of aliphatic carboxylic acids is 1. The van der Waals surface area contributed by atoms with Gasteiger partial charge in [-0.15, -0.1) is 0 Å². The number of aromatic amines is 3. The number of H-pyrrole nitrogens is 3. The molecule has 2 unspecified atom stereocenters. The Balaban J connectivity index is 1.97. The van der Waals surface area contributed by atoms with Gasteiger partial charge in [-0.2, -0.15) is 0 Å². The van der Waals surface area contributed by atoms with Crippen molar-refractivity contribution in [2.45, 2.75) is 17.9 Å². The van der Waals surface area contributed by atoms with Gasteiger partial charge in [0.1, 0.15) is 17.4 Å². The lowest BCUT2D eigenvalue weighted by atomic mass is 9.76. The lowest BCUT2D eigenvalue weighted by Gasteiger charge is -2.27. The maximum absolute atomic E-state index is 12.0. The summed E-state index contributed by atoms with van der Waals surface area (Å²) >= 11 is 0. The second-order valence-electron chi connectivity index (χ2n) is 6.11. The van der Waals surface area contributed by atoms with Crippen LogP contribution in [0, 0.1) is 0 Å². The number of aromatic nitrogens is 4. The Kier molecular flexibility index (Phi) is 3.37. The smallest absolute Gasteiger partial charge is 0.327 e. The summed E-state index contributed by atoms with van der Waals surface area (Å²) in [7, 11) is 0. The molecule has 1 aromatic carbocycles. The molecule has 10 heteroatoms. The Hall–Kier alpha value is -3.53. The number of fused-ring (bicyclic) bond motifs is 2. The average Bonchev–Trinajstić information content (AvgIpc) is 3.18. The molecule has 6 N–H and O–H groups in total. The molecule has 3 aromatic rings. The van der Waals surface area contributed by atoms with Gasteiger partial charge in [-0.3, -0.25) is 24.5 Å². The predicted molar refractivity (Wildman–Crippen MR) is 92.9 cm³/mol. The number of aliphatic imine (C=N–C) groups is 1. The number of nitrogens with zero attached hydrogens (tertiary/aromatic N) is 2. The fourth-order valence-corrected chi connectivity index (χ4v) is 3.24. The highest BCUT2D eigenvalue weighted by molar-refractivity contribution is 5.90. The van der Waals surface area contributed by atoms with Crippen LogP contribution in [0.5, 0.6) is 0 Å². The van der Waals surface area contributed by atoms with E-state index in [0.29, 0.717) is 5.69 Å². The number of rotatable bonds is 4. The largest absolute Gasteiger partial charge is 0.480 e. The van der Waals surface area contributed by atoms with Crippen molar-refractivity contribution < 1.29 is 9.90 Å². The number of carbonyl (C=O) groups is 1. The number of carboxylic acids is 1. The summed E-state index contributed by atoms with van der Waals surface area (Å²) in [4.78, 5) is 51.0. The molecular weight excluding hydrogens is 340 g/mol. The molecule has 0 spiro atoms. The van der Waals surface area contributed by atoms with Crippen LogP contribution in [0.4, 0.5) is 5.69 Å². The highest BCUT2D eigenvalue weighted by Crippen LogP contribution is 2.43. The fraction of sp³-hybridized carbons (Fsp3) is 0.188. The van der Waals surface area contributed by atoms with Gasteiger partial charge in [-0.05, 0) is 18.1 Å². The van der Waals surface area contributed by atoms with Crippen LogP contribution in [0.3, 0.4) is 0 Å². The Morgan fingerprint density at radius 2 is 2.00 bits per heavy atom. The van der Waals surface area contributed by atoms with Crippen molar-refractivity contribution >= 4 is 29.0 Å². The first-order valence-corrected chi connectivity index (χ1v) is 7.76. The number of imidazole rings is 1. The SMILES string of the molecule is NC(CC1(c2nc3[nH]c(=O)[nH]c(=O)c3[nH]2)C=Nc2ccccc21)C(=O)O. The number of nitrogens with two attached hydrogens (primary N) is 1. The molecule has 0 saturated heterocycles. The van der Waals surface area contributed by atoms with Crippen LogP contribution in [-0.4, -0.2) is 43.3 Å². The fourth-order valence-electron chi connectivity index (χ4n) is 3.24. The van der Waals surface area contributed by atoms with E-state index in [-0.39, 0.29) is 23.4 Å². The molecule has 0 radical (unpaired) electrons. The van der Waals surface area contributed by atoms with Gasteiger partial charge < -0.3 is 15.8 Å². The molecule has 3 heterocycles. The van der Waals surface area contributed by atoms with Gasteiger partial charge in [0.15, 0.2) is 5.65 Å². The molecule has 4 rings (SSSR count). The van der Waals surface area contributed by atoms with E-state index in [1.165, 1.54) is 0 Å². The monoisotopic (exact) mass is 354 g/mol. The van der Waals surface area contributed by atoms with Crippen molar-refractivity contribution in [2.24, 2.45) is 10.7 Å². The van der Waals surface area contributed by atoms with Crippen LogP contribution in [0.25, 0.3) is 11.2 Å². The predicted octanol–water partition coefficient (Wildman–Crippen LogP) is -0.256. The summed E-state index contributed by atoms with van der Waals surface area (Å²) < 4.78 is 0. The Morgan fingerprint density at radius 1 is 1.23 bits per heavy atom. The van der Waals surface area contributed by atoms with Crippen molar-refractivity contribution in [2.75, 3.05) is 0 Å². The lowest BCUT2D eigenvalue weighted by Crippen LogP contribution is -2.41. The molecule has 2 atom stereocenters. The molecule has 1 aliphatic rings. The minimum absolute atomic E-state index is 0.0230. The van der Waals surface area contributed by atoms with Crippen LogP contribution < -0.4 is 17.0 Å². The first-order chi connectivity index (χ1) is 12.4. The average molecular weight is 354 g/mol. The Labute approximate surface area is 144 Å². The van der Waals surface area contributed by atoms with Gasteiger partial charge >= 0.3 is 11.7 Å². The number of hydrogen-bond donors (Lipinski definition) is 5. The third kappa shape index (κ3) is 2.27. The van der Waals surface area contributed by atoms with Crippen LogP contribution in [0.15, 0.2) is 38.8 Å². The quantitative estimate of drug-likeness (QED) is 0.432. The van der Waals surface area contributed by atoms with Crippen molar-refractivity contribution in [3.63, 3.8) is 0 Å². The summed E-state index contributed by atoms with van der Waals surface area (Å²) in [6.07, 6.45) is 1.55. The van der Waals surface area contributed by atoms with Crippen molar-refractivity contribution in [3.8, 4) is 0 Å². The molecule has 1 aliphatic heterocycles. The number of para-hydroxylation sites is 1.